The summed E-state index contributed by atoms with van der Waals surface area (Å²) < 4.78 is 17.7. The summed E-state index contributed by atoms with van der Waals surface area (Å²) in [6.45, 7) is 0. The number of nitrogens with zero attached hydrogens (tertiary/aromatic N) is 1. The second-order valence-electron chi connectivity index (χ2n) is 5.62. The van der Waals surface area contributed by atoms with Gasteiger partial charge in [-0.1, -0.05) is 12.1 Å². The summed E-state index contributed by atoms with van der Waals surface area (Å²) in [5.74, 6) is -1.38. The fourth-order valence-corrected chi connectivity index (χ4v) is 2.70. The summed E-state index contributed by atoms with van der Waals surface area (Å²) in [6, 6.07) is 9.17. The average Bonchev–Trinajstić information content (AvgIpc) is 2.65. The molecule has 6 nitrogen and oxygen atoms in total. The van der Waals surface area contributed by atoms with Crippen molar-refractivity contribution in [3.8, 4) is 5.75 Å². The highest BCUT2D eigenvalue weighted by Crippen LogP contribution is 2.34. The summed E-state index contributed by atoms with van der Waals surface area (Å²) in [6.07, 6.45) is 2.51. The van der Waals surface area contributed by atoms with E-state index in [9.17, 15) is 19.1 Å². The molecule has 2 N–H and O–H groups in total. The average molecular weight is 354 g/mol. The predicted molar refractivity (Wildman–Crippen MR) is 93.6 cm³/mol. The molecule has 0 aliphatic heterocycles. The van der Waals surface area contributed by atoms with Gasteiger partial charge in [0.15, 0.2) is 5.75 Å². The van der Waals surface area contributed by atoms with Crippen molar-refractivity contribution in [2.45, 2.75) is 6.42 Å². The third-order valence-corrected chi connectivity index (χ3v) is 3.94. The molecule has 0 bridgehead atoms. The maximum absolute atomic E-state index is 13.0. The number of aromatic hydroxyl groups is 1. The van der Waals surface area contributed by atoms with Crippen LogP contribution < -0.4 is 5.32 Å². The van der Waals surface area contributed by atoms with E-state index >= 15 is 0 Å². The van der Waals surface area contributed by atoms with Gasteiger partial charge < -0.3 is 15.2 Å². The number of nitrogens with one attached hydrogen (secondary N) is 1. The topological polar surface area (TPSA) is 88.5 Å². The Balaban J connectivity index is 2.10. The Morgan fingerprint density at radius 2 is 2.00 bits per heavy atom. The molecule has 0 saturated heterocycles. The van der Waals surface area contributed by atoms with Gasteiger partial charge in [-0.05, 0) is 41.8 Å². The summed E-state index contributed by atoms with van der Waals surface area (Å²) in [5.41, 5.74) is 2.07. The number of phenolic OH excluding ortho intramolecular Hbond substituents is 1. The standard InChI is InChI=1S/C19H15FN2O4/c1-26-19(25)15-8-16(22-10-23)14-7-12(9-21-17(14)18(15)24)6-11-2-4-13(20)5-3-11/h2-5,7-10,24H,6H2,1H3,(H,22,23). The minimum Gasteiger partial charge on any atom is -0.505 e. The van der Waals surface area contributed by atoms with Crippen molar-refractivity contribution in [2.24, 2.45) is 0 Å². The molecular formula is C19H15FN2O4. The van der Waals surface area contributed by atoms with Crippen LogP contribution in [0.1, 0.15) is 21.5 Å². The SMILES string of the molecule is COC(=O)c1cc(NC=O)c2cc(Cc3ccc(F)cc3)cnc2c1O. The van der Waals surface area contributed by atoms with Crippen molar-refractivity contribution in [2.75, 3.05) is 12.4 Å². The Bertz CT molecular complexity index is 987. The van der Waals surface area contributed by atoms with Crippen LogP contribution in [0.25, 0.3) is 10.9 Å². The number of amides is 1. The molecule has 1 amide bonds. The smallest absolute Gasteiger partial charge is 0.341 e. The molecule has 132 valence electrons. The van der Waals surface area contributed by atoms with Gasteiger partial charge in [0, 0.05) is 11.6 Å². The Labute approximate surface area is 148 Å². The van der Waals surface area contributed by atoms with Gasteiger partial charge in [-0.2, -0.15) is 0 Å². The molecule has 2 aromatic carbocycles. The number of anilines is 1. The van der Waals surface area contributed by atoms with E-state index in [1.807, 2.05) is 0 Å². The van der Waals surface area contributed by atoms with Crippen molar-refractivity contribution in [3.63, 3.8) is 0 Å². The number of aromatic nitrogens is 1. The molecule has 7 heteroatoms. The van der Waals surface area contributed by atoms with Crippen molar-refractivity contribution < 1.29 is 23.8 Å². The number of ether oxygens (including phenoxy) is 1. The molecule has 3 rings (SSSR count). The molecule has 0 unspecified atom stereocenters. The number of rotatable bonds is 5. The van der Waals surface area contributed by atoms with Crippen LogP contribution in [0.4, 0.5) is 10.1 Å². The van der Waals surface area contributed by atoms with Crippen LogP contribution in [-0.4, -0.2) is 29.6 Å². The number of esters is 1. The zero-order valence-corrected chi connectivity index (χ0v) is 13.8. The largest absolute Gasteiger partial charge is 0.505 e. The molecule has 0 aliphatic carbocycles. The maximum Gasteiger partial charge on any atom is 0.341 e. The van der Waals surface area contributed by atoms with Gasteiger partial charge in [0.25, 0.3) is 0 Å². The lowest BCUT2D eigenvalue weighted by molar-refractivity contribution is -0.105. The van der Waals surface area contributed by atoms with Crippen LogP contribution in [0.15, 0.2) is 42.6 Å². The first kappa shape index (κ1) is 17.3. The summed E-state index contributed by atoms with van der Waals surface area (Å²) in [7, 11) is 1.19. The van der Waals surface area contributed by atoms with E-state index in [0.717, 1.165) is 11.1 Å². The number of hydrogen-bond acceptors (Lipinski definition) is 5. The Kier molecular flexibility index (Phi) is 4.79. The normalized spacial score (nSPS) is 10.5. The summed E-state index contributed by atoms with van der Waals surface area (Å²) >= 11 is 0. The Morgan fingerprint density at radius 3 is 2.65 bits per heavy atom. The molecule has 0 spiro atoms. The molecule has 3 aromatic rings. The van der Waals surface area contributed by atoms with Gasteiger partial charge in [-0.15, -0.1) is 0 Å². The number of benzene rings is 2. The number of fused-ring (bicyclic) bond motifs is 1. The fourth-order valence-electron chi connectivity index (χ4n) is 2.70. The molecule has 0 atom stereocenters. The molecule has 0 saturated carbocycles. The van der Waals surface area contributed by atoms with Crippen molar-refractivity contribution in [1.82, 2.24) is 4.98 Å². The number of carbonyl (C=O) groups is 2. The lowest BCUT2D eigenvalue weighted by Gasteiger charge is -2.12. The van der Waals surface area contributed by atoms with E-state index in [1.165, 1.54) is 25.3 Å². The quantitative estimate of drug-likeness (QED) is 0.418. The van der Waals surface area contributed by atoms with Gasteiger partial charge in [0.1, 0.15) is 16.9 Å². The second kappa shape index (κ2) is 7.18. The number of pyridine rings is 1. The molecule has 26 heavy (non-hydrogen) atoms. The van der Waals surface area contributed by atoms with E-state index in [1.54, 1.807) is 24.4 Å². The van der Waals surface area contributed by atoms with E-state index in [0.29, 0.717) is 23.9 Å². The van der Waals surface area contributed by atoms with Crippen LogP contribution in [-0.2, 0) is 16.0 Å². The third kappa shape index (κ3) is 3.32. The number of hydrogen-bond donors (Lipinski definition) is 2. The minimum atomic E-state index is -0.740. The van der Waals surface area contributed by atoms with Crippen LogP contribution in [0.3, 0.4) is 0 Å². The second-order valence-corrected chi connectivity index (χ2v) is 5.62. The van der Waals surface area contributed by atoms with Gasteiger partial charge in [0.05, 0.1) is 12.8 Å². The van der Waals surface area contributed by atoms with E-state index in [2.05, 4.69) is 15.0 Å². The monoisotopic (exact) mass is 354 g/mol. The van der Waals surface area contributed by atoms with E-state index in [-0.39, 0.29) is 22.6 Å². The predicted octanol–water partition coefficient (Wildman–Crippen LogP) is 3.03. The summed E-state index contributed by atoms with van der Waals surface area (Å²) in [4.78, 5) is 27.0. The van der Waals surface area contributed by atoms with Gasteiger partial charge in [-0.3, -0.25) is 9.78 Å². The van der Waals surface area contributed by atoms with Crippen molar-refractivity contribution in [1.29, 1.82) is 0 Å². The molecule has 1 aromatic heterocycles. The molecule has 0 aliphatic rings. The molecule has 0 radical (unpaired) electrons. The lowest BCUT2D eigenvalue weighted by atomic mass is 10.0. The first-order valence-electron chi connectivity index (χ1n) is 7.71. The third-order valence-electron chi connectivity index (χ3n) is 3.94. The Morgan fingerprint density at radius 1 is 1.27 bits per heavy atom. The van der Waals surface area contributed by atoms with Crippen molar-refractivity contribution in [3.05, 3.63) is 65.1 Å². The van der Waals surface area contributed by atoms with Crippen LogP contribution in [0.2, 0.25) is 0 Å². The molecular weight excluding hydrogens is 339 g/mol. The highest BCUT2D eigenvalue weighted by atomic mass is 19.1. The first-order valence-corrected chi connectivity index (χ1v) is 7.71. The van der Waals surface area contributed by atoms with E-state index < -0.39 is 5.97 Å². The van der Waals surface area contributed by atoms with E-state index in [4.69, 9.17) is 0 Å². The molecule has 1 heterocycles. The van der Waals surface area contributed by atoms with Crippen LogP contribution in [0.5, 0.6) is 5.75 Å². The van der Waals surface area contributed by atoms with Gasteiger partial charge in [-0.25, -0.2) is 9.18 Å². The maximum atomic E-state index is 13.0. The van der Waals surface area contributed by atoms with Crippen LogP contribution >= 0.6 is 0 Å². The number of methoxy groups -OCH3 is 1. The number of carbonyl (C=O) groups excluding carboxylic acids is 2. The highest BCUT2D eigenvalue weighted by molar-refractivity contribution is 6.06. The minimum absolute atomic E-state index is 0.0943. The summed E-state index contributed by atoms with van der Waals surface area (Å²) in [5, 5.41) is 13.3. The number of phenols is 1. The highest BCUT2D eigenvalue weighted by Gasteiger charge is 2.19. The van der Waals surface area contributed by atoms with Gasteiger partial charge >= 0.3 is 5.97 Å². The Hall–Kier alpha value is -3.48. The lowest BCUT2D eigenvalue weighted by Crippen LogP contribution is -2.05. The zero-order chi connectivity index (χ0) is 18.7. The van der Waals surface area contributed by atoms with Gasteiger partial charge in [0.2, 0.25) is 6.41 Å². The molecule has 0 fully saturated rings. The zero-order valence-electron chi connectivity index (χ0n) is 13.8. The van der Waals surface area contributed by atoms with Crippen molar-refractivity contribution >= 4 is 29.0 Å². The van der Waals surface area contributed by atoms with Crippen LogP contribution in [0, 0.1) is 5.82 Å². The fraction of sp³-hybridized carbons (Fsp3) is 0.105. The first-order chi connectivity index (χ1) is 12.5. The number of halogens is 1.